The summed E-state index contributed by atoms with van der Waals surface area (Å²) < 4.78 is 0. The maximum atomic E-state index is 11.7. The summed E-state index contributed by atoms with van der Waals surface area (Å²) >= 11 is 0. The number of rotatable bonds is 2. The average Bonchev–Trinajstić information content (AvgIpc) is 2.23. The lowest BCUT2D eigenvalue weighted by atomic mass is 10.3. The van der Waals surface area contributed by atoms with Crippen molar-refractivity contribution in [3.05, 3.63) is 0 Å². The molecule has 1 atom stereocenters. The first-order valence-electron chi connectivity index (χ1n) is 4.64. The van der Waals surface area contributed by atoms with Gasteiger partial charge in [0.25, 0.3) is 0 Å². The SMILES string of the molecule is CC(C(=O)O)N(C)C(=O)N(C)C(=O)N(C)C. The summed E-state index contributed by atoms with van der Waals surface area (Å²) in [7, 11) is 5.65. The maximum Gasteiger partial charge on any atom is 0.328 e. The van der Waals surface area contributed by atoms with Crippen LogP contribution in [-0.4, -0.2) is 72.1 Å². The molecule has 0 saturated heterocycles. The lowest BCUT2D eigenvalue weighted by molar-refractivity contribution is -0.141. The highest BCUT2D eigenvalue weighted by molar-refractivity contribution is 5.94. The molecule has 0 aliphatic carbocycles. The van der Waals surface area contributed by atoms with E-state index in [2.05, 4.69) is 0 Å². The van der Waals surface area contributed by atoms with Crippen LogP contribution in [0.4, 0.5) is 9.59 Å². The van der Waals surface area contributed by atoms with Crippen LogP contribution >= 0.6 is 0 Å². The first kappa shape index (κ1) is 14.2. The molecule has 4 amide bonds. The van der Waals surface area contributed by atoms with Gasteiger partial charge in [0.1, 0.15) is 6.04 Å². The van der Waals surface area contributed by atoms with Gasteiger partial charge in [-0.05, 0) is 6.92 Å². The van der Waals surface area contributed by atoms with Crippen LogP contribution in [0.25, 0.3) is 0 Å². The molecule has 0 heterocycles. The summed E-state index contributed by atoms with van der Waals surface area (Å²) in [5.41, 5.74) is 0. The summed E-state index contributed by atoms with van der Waals surface area (Å²) in [6.07, 6.45) is 0. The van der Waals surface area contributed by atoms with Gasteiger partial charge in [-0.1, -0.05) is 0 Å². The molecule has 7 nitrogen and oxygen atoms in total. The van der Waals surface area contributed by atoms with Crippen molar-refractivity contribution in [1.82, 2.24) is 14.7 Å². The molecule has 0 aromatic heterocycles. The molecule has 0 rings (SSSR count). The van der Waals surface area contributed by atoms with Gasteiger partial charge in [-0.2, -0.15) is 0 Å². The third-order valence-electron chi connectivity index (χ3n) is 2.20. The molecular weight excluding hydrogens is 214 g/mol. The van der Waals surface area contributed by atoms with Gasteiger partial charge in [-0.25, -0.2) is 19.3 Å². The van der Waals surface area contributed by atoms with E-state index in [0.29, 0.717) is 0 Å². The Balaban J connectivity index is 4.68. The summed E-state index contributed by atoms with van der Waals surface area (Å²) in [5, 5.41) is 8.72. The van der Waals surface area contributed by atoms with E-state index < -0.39 is 24.1 Å². The first-order valence-corrected chi connectivity index (χ1v) is 4.64. The zero-order valence-electron chi connectivity index (χ0n) is 10.1. The Hall–Kier alpha value is -1.79. The monoisotopic (exact) mass is 231 g/mol. The Kier molecular flexibility index (Phi) is 4.74. The minimum Gasteiger partial charge on any atom is -0.480 e. The predicted molar refractivity (Wildman–Crippen MR) is 57.1 cm³/mol. The van der Waals surface area contributed by atoms with E-state index in [1.807, 2.05) is 0 Å². The number of imide groups is 1. The van der Waals surface area contributed by atoms with Crippen molar-refractivity contribution in [2.45, 2.75) is 13.0 Å². The number of nitrogens with zero attached hydrogens (tertiary/aromatic N) is 3. The van der Waals surface area contributed by atoms with E-state index in [1.54, 1.807) is 0 Å². The largest absolute Gasteiger partial charge is 0.480 e. The Labute approximate surface area is 94.2 Å². The maximum absolute atomic E-state index is 11.7. The molecule has 0 bridgehead atoms. The number of urea groups is 2. The lowest BCUT2D eigenvalue weighted by Crippen LogP contribution is -2.50. The normalized spacial score (nSPS) is 11.6. The number of likely N-dealkylation sites (N-methyl/N-ethyl adjacent to an activating group) is 1. The molecule has 92 valence electrons. The molecule has 0 aromatic rings. The zero-order valence-corrected chi connectivity index (χ0v) is 10.1. The third-order valence-corrected chi connectivity index (χ3v) is 2.20. The molecule has 16 heavy (non-hydrogen) atoms. The van der Waals surface area contributed by atoms with Gasteiger partial charge in [-0.3, -0.25) is 0 Å². The second-order valence-electron chi connectivity index (χ2n) is 3.64. The Morgan fingerprint density at radius 1 is 1.00 bits per heavy atom. The molecule has 1 unspecified atom stereocenters. The Bertz CT molecular complexity index is 303. The van der Waals surface area contributed by atoms with Gasteiger partial charge in [0.15, 0.2) is 0 Å². The molecule has 0 spiro atoms. The fraction of sp³-hybridized carbons (Fsp3) is 0.667. The minimum absolute atomic E-state index is 0.505. The van der Waals surface area contributed by atoms with Gasteiger partial charge >= 0.3 is 18.0 Å². The molecule has 7 heteroatoms. The van der Waals surface area contributed by atoms with Gasteiger partial charge in [0.05, 0.1) is 0 Å². The van der Waals surface area contributed by atoms with E-state index in [4.69, 9.17) is 5.11 Å². The van der Waals surface area contributed by atoms with Gasteiger partial charge in [0, 0.05) is 28.2 Å². The molecule has 0 aliphatic heterocycles. The summed E-state index contributed by atoms with van der Waals surface area (Å²) in [5.74, 6) is -1.12. The number of hydrogen-bond donors (Lipinski definition) is 1. The number of carbonyl (C=O) groups is 3. The van der Waals surface area contributed by atoms with Crippen molar-refractivity contribution in [2.75, 3.05) is 28.2 Å². The van der Waals surface area contributed by atoms with Crippen molar-refractivity contribution < 1.29 is 19.5 Å². The van der Waals surface area contributed by atoms with Gasteiger partial charge in [0.2, 0.25) is 0 Å². The molecule has 0 saturated carbocycles. The molecule has 0 aliphatic rings. The lowest BCUT2D eigenvalue weighted by Gasteiger charge is -2.27. The smallest absolute Gasteiger partial charge is 0.328 e. The highest BCUT2D eigenvalue weighted by Gasteiger charge is 2.27. The number of carbonyl (C=O) groups excluding carboxylic acids is 2. The summed E-state index contributed by atoms with van der Waals surface area (Å²) in [6.45, 7) is 1.37. The van der Waals surface area contributed by atoms with Crippen LogP contribution in [-0.2, 0) is 4.79 Å². The first-order chi connectivity index (χ1) is 7.20. The Morgan fingerprint density at radius 3 is 1.75 bits per heavy atom. The molecule has 0 radical (unpaired) electrons. The zero-order chi connectivity index (χ0) is 13.0. The number of amides is 4. The van der Waals surface area contributed by atoms with Crippen LogP contribution in [0, 0.1) is 0 Å². The van der Waals surface area contributed by atoms with Crippen molar-refractivity contribution in [3.63, 3.8) is 0 Å². The highest BCUT2D eigenvalue weighted by Crippen LogP contribution is 2.02. The van der Waals surface area contributed by atoms with E-state index in [0.717, 1.165) is 9.80 Å². The fourth-order valence-corrected chi connectivity index (χ4v) is 0.950. The van der Waals surface area contributed by atoms with E-state index >= 15 is 0 Å². The predicted octanol–water partition coefficient (Wildman–Crippen LogP) is 0.125. The molecule has 0 fully saturated rings. The standard InChI is InChI=1S/C9H17N3O4/c1-6(7(13)14)11(4)9(16)12(5)8(15)10(2)3/h6H,1-5H3,(H,13,14). The van der Waals surface area contributed by atoms with Crippen molar-refractivity contribution in [1.29, 1.82) is 0 Å². The van der Waals surface area contributed by atoms with E-state index in [-0.39, 0.29) is 0 Å². The Morgan fingerprint density at radius 2 is 1.44 bits per heavy atom. The number of carboxylic acid groups (broad SMARTS) is 1. The summed E-state index contributed by atoms with van der Waals surface area (Å²) in [4.78, 5) is 36.9. The number of hydrogen-bond acceptors (Lipinski definition) is 3. The van der Waals surface area contributed by atoms with Crippen LogP contribution in [0.3, 0.4) is 0 Å². The number of aliphatic carboxylic acids is 1. The average molecular weight is 231 g/mol. The second-order valence-corrected chi connectivity index (χ2v) is 3.64. The van der Waals surface area contributed by atoms with E-state index in [1.165, 1.54) is 40.0 Å². The van der Waals surface area contributed by atoms with Crippen molar-refractivity contribution in [3.8, 4) is 0 Å². The molecule has 0 aromatic carbocycles. The third kappa shape index (κ3) is 3.11. The quantitative estimate of drug-likeness (QED) is 0.732. The van der Waals surface area contributed by atoms with Crippen LogP contribution in [0.1, 0.15) is 6.92 Å². The topological polar surface area (TPSA) is 81.2 Å². The molecular formula is C9H17N3O4. The van der Waals surface area contributed by atoms with Crippen LogP contribution in [0.5, 0.6) is 0 Å². The van der Waals surface area contributed by atoms with Crippen LogP contribution in [0.15, 0.2) is 0 Å². The second kappa shape index (κ2) is 5.34. The van der Waals surface area contributed by atoms with Crippen LogP contribution in [0.2, 0.25) is 0 Å². The minimum atomic E-state index is -1.12. The van der Waals surface area contributed by atoms with Crippen LogP contribution < -0.4 is 0 Å². The number of carboxylic acids is 1. The summed E-state index contributed by atoms with van der Waals surface area (Å²) in [6, 6.07) is -2.15. The highest BCUT2D eigenvalue weighted by atomic mass is 16.4. The molecule has 1 N–H and O–H groups in total. The van der Waals surface area contributed by atoms with Crippen molar-refractivity contribution >= 4 is 18.0 Å². The van der Waals surface area contributed by atoms with E-state index in [9.17, 15) is 14.4 Å². The fourth-order valence-electron chi connectivity index (χ4n) is 0.950. The van der Waals surface area contributed by atoms with Gasteiger partial charge in [-0.15, -0.1) is 0 Å². The van der Waals surface area contributed by atoms with Gasteiger partial charge < -0.3 is 14.9 Å². The van der Waals surface area contributed by atoms with Crippen molar-refractivity contribution in [2.24, 2.45) is 0 Å².